The van der Waals surface area contributed by atoms with Crippen LogP contribution >= 0.6 is 0 Å². The van der Waals surface area contributed by atoms with Gasteiger partial charge in [-0.15, -0.1) is 0 Å². The topological polar surface area (TPSA) is 84.2 Å². The molecule has 1 atom stereocenters. The molecule has 41 heavy (non-hydrogen) atoms. The molecule has 8 heteroatoms. The Bertz CT molecular complexity index is 1600. The first kappa shape index (κ1) is 29.6. The minimum Gasteiger partial charge on any atom is -0.494 e. The number of rotatable bonds is 11. The van der Waals surface area contributed by atoms with E-state index in [1.54, 1.807) is 26.5 Å². The van der Waals surface area contributed by atoms with E-state index in [2.05, 4.69) is 25.0 Å². The highest BCUT2D eigenvalue weighted by molar-refractivity contribution is 5.84. The largest absolute Gasteiger partial charge is 0.494 e. The third-order valence-electron chi connectivity index (χ3n) is 6.97. The number of hydrogen-bond acceptors (Lipinski definition) is 7. The van der Waals surface area contributed by atoms with E-state index in [0.717, 1.165) is 28.9 Å². The molecule has 0 bridgehead atoms. The minimum atomic E-state index is -0.267. The zero-order valence-electron chi connectivity index (χ0n) is 25.1. The van der Waals surface area contributed by atoms with Crippen molar-refractivity contribution in [3.63, 3.8) is 0 Å². The van der Waals surface area contributed by atoms with Crippen molar-refractivity contribution < 1.29 is 18.9 Å². The van der Waals surface area contributed by atoms with Crippen molar-refractivity contribution in [2.24, 2.45) is 5.10 Å². The number of fused-ring (bicyclic) bond motifs is 1. The maximum atomic E-state index is 13.8. The summed E-state index contributed by atoms with van der Waals surface area (Å²) in [5.74, 6) is 3.04. The van der Waals surface area contributed by atoms with E-state index in [9.17, 15) is 4.79 Å². The van der Waals surface area contributed by atoms with Crippen molar-refractivity contribution in [3.8, 4) is 34.4 Å². The van der Waals surface area contributed by atoms with Crippen molar-refractivity contribution in [3.05, 3.63) is 75.6 Å². The fourth-order valence-electron chi connectivity index (χ4n) is 4.58. The van der Waals surface area contributed by atoms with Crippen LogP contribution in [0, 0.1) is 6.92 Å². The number of aromatic nitrogens is 2. The van der Waals surface area contributed by atoms with Crippen LogP contribution in [0.5, 0.6) is 23.0 Å². The van der Waals surface area contributed by atoms with Gasteiger partial charge in [0.1, 0.15) is 5.75 Å². The molecule has 0 aliphatic rings. The van der Waals surface area contributed by atoms with Gasteiger partial charge in [-0.1, -0.05) is 32.9 Å². The third kappa shape index (κ3) is 6.21. The minimum absolute atomic E-state index is 0.0183. The van der Waals surface area contributed by atoms with Gasteiger partial charge >= 0.3 is 0 Å². The molecule has 1 aromatic heterocycles. The van der Waals surface area contributed by atoms with Crippen LogP contribution in [0.1, 0.15) is 63.6 Å². The van der Waals surface area contributed by atoms with Gasteiger partial charge in [-0.05, 0) is 80.6 Å². The lowest BCUT2D eigenvalue weighted by molar-refractivity contribution is 0.198. The summed E-state index contributed by atoms with van der Waals surface area (Å²) in [5, 5.41) is 5.15. The van der Waals surface area contributed by atoms with Gasteiger partial charge in [0.05, 0.1) is 44.0 Å². The number of para-hydroxylation sites is 1. The fraction of sp³-hybridized carbons (Fsp3) is 0.364. The average Bonchev–Trinajstić information content (AvgIpc) is 2.97. The molecule has 0 spiro atoms. The number of nitrogens with zero attached hydrogens (tertiary/aromatic N) is 3. The van der Waals surface area contributed by atoms with E-state index < -0.39 is 0 Å². The summed E-state index contributed by atoms with van der Waals surface area (Å²) < 4.78 is 24.6. The summed E-state index contributed by atoms with van der Waals surface area (Å²) >= 11 is 0. The van der Waals surface area contributed by atoms with Crippen LogP contribution < -0.4 is 24.5 Å². The first-order valence-electron chi connectivity index (χ1n) is 14.0. The molecule has 0 radical (unpaired) electrons. The van der Waals surface area contributed by atoms with Crippen LogP contribution in [-0.4, -0.2) is 42.8 Å². The Morgan fingerprint density at radius 2 is 1.66 bits per heavy atom. The maximum absolute atomic E-state index is 13.8. The SMILES string of the molecule is CCOc1cc(C)c(-c2nc3ccccc3c(=O)n2N=Cc2cc(OC)c(O[C@H](C)CC)c(OC)c2)cc1C(C)C. The molecule has 0 saturated heterocycles. The Kier molecular flexibility index (Phi) is 9.32. The highest BCUT2D eigenvalue weighted by Gasteiger charge is 2.19. The molecule has 0 aliphatic heterocycles. The molecule has 8 nitrogen and oxygen atoms in total. The van der Waals surface area contributed by atoms with Crippen molar-refractivity contribution >= 4 is 17.1 Å². The third-order valence-corrected chi connectivity index (χ3v) is 6.97. The quantitative estimate of drug-likeness (QED) is 0.185. The van der Waals surface area contributed by atoms with Crippen molar-refractivity contribution in [2.45, 2.75) is 60.0 Å². The molecule has 1 heterocycles. The van der Waals surface area contributed by atoms with Crippen LogP contribution in [0.15, 0.2) is 58.4 Å². The highest BCUT2D eigenvalue weighted by atomic mass is 16.5. The molecular weight excluding hydrogens is 518 g/mol. The zero-order valence-corrected chi connectivity index (χ0v) is 25.1. The summed E-state index contributed by atoms with van der Waals surface area (Å²) in [7, 11) is 3.16. The summed E-state index contributed by atoms with van der Waals surface area (Å²) in [6.07, 6.45) is 2.42. The van der Waals surface area contributed by atoms with Gasteiger partial charge in [-0.2, -0.15) is 9.78 Å². The van der Waals surface area contributed by atoms with Crippen LogP contribution in [-0.2, 0) is 0 Å². The van der Waals surface area contributed by atoms with Crippen LogP contribution in [0.3, 0.4) is 0 Å². The van der Waals surface area contributed by atoms with E-state index >= 15 is 0 Å². The molecule has 3 aromatic carbocycles. The van der Waals surface area contributed by atoms with Crippen LogP contribution in [0.25, 0.3) is 22.3 Å². The lowest BCUT2D eigenvalue weighted by Crippen LogP contribution is -2.21. The number of hydrogen-bond donors (Lipinski definition) is 0. The summed E-state index contributed by atoms with van der Waals surface area (Å²) in [5.41, 5.74) is 3.79. The van der Waals surface area contributed by atoms with Gasteiger partial charge < -0.3 is 18.9 Å². The molecular formula is C33H39N3O5. The Morgan fingerprint density at radius 3 is 2.27 bits per heavy atom. The predicted molar refractivity (Wildman–Crippen MR) is 164 cm³/mol. The smallest absolute Gasteiger partial charge is 0.282 e. The number of methoxy groups -OCH3 is 2. The second-order valence-corrected chi connectivity index (χ2v) is 10.2. The number of benzene rings is 3. The molecule has 0 fully saturated rings. The van der Waals surface area contributed by atoms with E-state index in [4.69, 9.17) is 23.9 Å². The Labute approximate surface area is 241 Å². The summed E-state index contributed by atoms with van der Waals surface area (Å²) in [4.78, 5) is 18.7. The van der Waals surface area contributed by atoms with Crippen molar-refractivity contribution in [2.75, 3.05) is 20.8 Å². The van der Waals surface area contributed by atoms with Crippen molar-refractivity contribution in [1.82, 2.24) is 9.66 Å². The molecule has 0 unspecified atom stereocenters. The first-order chi connectivity index (χ1) is 19.7. The van der Waals surface area contributed by atoms with Gasteiger partial charge in [0.2, 0.25) is 5.75 Å². The highest BCUT2D eigenvalue weighted by Crippen LogP contribution is 2.39. The Hall–Kier alpha value is -4.33. The van der Waals surface area contributed by atoms with Crippen LogP contribution in [0.4, 0.5) is 0 Å². The number of aryl methyl sites for hydroxylation is 1. The Balaban J connectivity index is 1.92. The van der Waals surface area contributed by atoms with Gasteiger partial charge in [0, 0.05) is 11.1 Å². The molecule has 0 saturated carbocycles. The molecule has 0 N–H and O–H groups in total. The molecule has 4 rings (SSSR count). The van der Waals surface area contributed by atoms with E-state index in [-0.39, 0.29) is 17.6 Å². The normalized spacial score (nSPS) is 12.2. The van der Waals surface area contributed by atoms with Gasteiger partial charge in [-0.25, -0.2) is 4.98 Å². The predicted octanol–water partition coefficient (Wildman–Crippen LogP) is 6.97. The zero-order chi connectivity index (χ0) is 29.7. The van der Waals surface area contributed by atoms with Crippen LogP contribution in [0.2, 0.25) is 0 Å². The maximum Gasteiger partial charge on any atom is 0.282 e. The molecule has 4 aromatic rings. The molecule has 216 valence electrons. The van der Waals surface area contributed by atoms with E-state index in [1.807, 2.05) is 64.1 Å². The van der Waals surface area contributed by atoms with E-state index in [0.29, 0.717) is 46.1 Å². The molecule has 0 aliphatic carbocycles. The standard InChI is InChI=1S/C33H39N3O5/c1-9-22(6)41-31-29(38-7)16-23(17-30(31)39-8)19-34-36-32(35-27-14-12-11-13-24(27)33(36)37)26-18-25(20(3)4)28(40-10-2)15-21(26)5/h11-20,22H,9-10H2,1-8H3/t22-/m1/s1. The van der Waals surface area contributed by atoms with Gasteiger partial charge in [0.25, 0.3) is 5.56 Å². The lowest BCUT2D eigenvalue weighted by atomic mass is 9.96. The second-order valence-electron chi connectivity index (χ2n) is 10.2. The lowest BCUT2D eigenvalue weighted by Gasteiger charge is -2.19. The van der Waals surface area contributed by atoms with Gasteiger partial charge in [0.15, 0.2) is 17.3 Å². The monoisotopic (exact) mass is 557 g/mol. The fourth-order valence-corrected chi connectivity index (χ4v) is 4.58. The first-order valence-corrected chi connectivity index (χ1v) is 14.0. The van der Waals surface area contributed by atoms with Gasteiger partial charge in [-0.3, -0.25) is 4.79 Å². The summed E-state index contributed by atoms with van der Waals surface area (Å²) in [6, 6.07) is 15.0. The molecule has 0 amide bonds. The van der Waals surface area contributed by atoms with E-state index in [1.165, 1.54) is 4.68 Å². The Morgan fingerprint density at radius 1 is 0.976 bits per heavy atom. The average molecular weight is 558 g/mol. The summed E-state index contributed by atoms with van der Waals surface area (Å²) in [6.45, 7) is 12.8. The second kappa shape index (κ2) is 12.9. The number of ether oxygens (including phenoxy) is 4. The van der Waals surface area contributed by atoms with Crippen molar-refractivity contribution in [1.29, 1.82) is 0 Å².